The lowest BCUT2D eigenvalue weighted by atomic mass is 10.1. The minimum absolute atomic E-state index is 0.547. The van der Waals surface area contributed by atoms with Gasteiger partial charge in [0.1, 0.15) is 11.6 Å². The van der Waals surface area contributed by atoms with Gasteiger partial charge in [-0.25, -0.2) is 4.98 Å². The van der Waals surface area contributed by atoms with Gasteiger partial charge in [0.05, 0.1) is 10.0 Å². The van der Waals surface area contributed by atoms with Crippen LogP contribution in [-0.4, -0.2) is 25.1 Å². The normalized spacial score (nSPS) is 12.3. The number of hydrogen-bond donors (Lipinski definition) is 1. The van der Waals surface area contributed by atoms with Gasteiger partial charge in [-0.2, -0.15) is 0 Å². The molecule has 0 aliphatic rings. The Morgan fingerprint density at radius 3 is 2.50 bits per heavy atom. The smallest absolute Gasteiger partial charge is 0.149 e. The van der Waals surface area contributed by atoms with Crippen LogP contribution in [0.1, 0.15) is 27.2 Å². The second kappa shape index (κ2) is 7.05. The number of rotatable bonds is 6. The van der Waals surface area contributed by atoms with Crippen molar-refractivity contribution < 1.29 is 0 Å². The van der Waals surface area contributed by atoms with Crippen molar-refractivity contribution in [3.05, 3.63) is 16.1 Å². The fourth-order valence-electron chi connectivity index (χ4n) is 1.72. The van der Waals surface area contributed by atoms with Gasteiger partial charge in [0.15, 0.2) is 0 Å². The van der Waals surface area contributed by atoms with Crippen molar-refractivity contribution in [1.29, 1.82) is 0 Å². The third kappa shape index (κ3) is 3.66. The summed E-state index contributed by atoms with van der Waals surface area (Å²) in [6.07, 6.45) is 1.14. The van der Waals surface area contributed by atoms with Gasteiger partial charge in [-0.05, 0) is 18.9 Å². The molecule has 1 unspecified atom stereocenters. The van der Waals surface area contributed by atoms with E-state index in [-0.39, 0.29) is 0 Å². The second-order valence-corrected chi connectivity index (χ2v) is 5.24. The molecule has 5 heteroatoms. The summed E-state index contributed by atoms with van der Waals surface area (Å²) in [6, 6.07) is 1.75. The Bertz CT molecular complexity index is 396. The monoisotopic (exact) mass is 289 g/mol. The van der Waals surface area contributed by atoms with Crippen molar-refractivity contribution in [3.8, 4) is 0 Å². The summed E-state index contributed by atoms with van der Waals surface area (Å²) in [6.45, 7) is 8.35. The van der Waals surface area contributed by atoms with E-state index >= 15 is 0 Å². The second-order valence-electron chi connectivity index (χ2n) is 4.43. The summed E-state index contributed by atoms with van der Waals surface area (Å²) in [5.41, 5.74) is 0. The van der Waals surface area contributed by atoms with E-state index in [1.165, 1.54) is 0 Å². The van der Waals surface area contributed by atoms with Gasteiger partial charge in [0.2, 0.25) is 0 Å². The van der Waals surface area contributed by atoms with Crippen LogP contribution in [0.4, 0.5) is 11.6 Å². The molecule has 1 rings (SSSR count). The molecule has 0 bridgehead atoms. The van der Waals surface area contributed by atoms with Gasteiger partial charge in [-0.1, -0.05) is 43.5 Å². The van der Waals surface area contributed by atoms with E-state index in [4.69, 9.17) is 23.2 Å². The van der Waals surface area contributed by atoms with Crippen LogP contribution in [-0.2, 0) is 0 Å². The van der Waals surface area contributed by atoms with Crippen molar-refractivity contribution in [2.75, 3.05) is 30.4 Å². The molecule has 18 heavy (non-hydrogen) atoms. The van der Waals surface area contributed by atoms with E-state index in [2.05, 4.69) is 36.0 Å². The molecule has 1 N–H and O–H groups in total. The largest absolute Gasteiger partial charge is 0.372 e. The first-order valence-electron chi connectivity index (χ1n) is 6.32. The lowest BCUT2D eigenvalue weighted by molar-refractivity contribution is 0.545. The van der Waals surface area contributed by atoms with Crippen LogP contribution in [0.15, 0.2) is 6.07 Å². The molecule has 0 fully saturated rings. The first-order valence-corrected chi connectivity index (χ1v) is 7.07. The summed E-state index contributed by atoms with van der Waals surface area (Å²) in [5, 5.41) is 4.13. The predicted octanol–water partition coefficient (Wildman–Crippen LogP) is 4.30. The molecule has 0 aromatic carbocycles. The Hall–Kier alpha value is -0.670. The average Bonchev–Trinajstić information content (AvgIpc) is 2.36. The fourth-order valence-corrected chi connectivity index (χ4v) is 2.30. The molecule has 1 atom stereocenters. The highest BCUT2D eigenvalue weighted by molar-refractivity contribution is 6.37. The molecule has 0 spiro atoms. The lowest BCUT2D eigenvalue weighted by Gasteiger charge is -2.26. The quantitative estimate of drug-likeness (QED) is 0.846. The Labute approximate surface area is 119 Å². The third-order valence-corrected chi connectivity index (χ3v) is 3.62. The first kappa shape index (κ1) is 15.4. The molecule has 0 aliphatic carbocycles. The van der Waals surface area contributed by atoms with Gasteiger partial charge in [0, 0.05) is 20.1 Å². The van der Waals surface area contributed by atoms with Crippen molar-refractivity contribution in [2.24, 2.45) is 5.92 Å². The van der Waals surface area contributed by atoms with E-state index in [1.54, 1.807) is 13.1 Å². The Morgan fingerprint density at radius 2 is 2.00 bits per heavy atom. The molecular weight excluding hydrogens is 269 g/mol. The summed E-state index contributed by atoms with van der Waals surface area (Å²) in [4.78, 5) is 6.69. The van der Waals surface area contributed by atoms with E-state index in [9.17, 15) is 0 Å². The van der Waals surface area contributed by atoms with Crippen LogP contribution in [0.2, 0.25) is 10.0 Å². The Balaban J connectivity index is 3.04. The molecule has 1 aromatic heterocycles. The van der Waals surface area contributed by atoms with Crippen LogP contribution >= 0.6 is 23.2 Å². The number of aromatic nitrogens is 1. The molecule has 0 amide bonds. The standard InChI is InChI=1S/C13H21Cl2N3/c1-5-9(3)8-18(6-2)13-11(15)7-10(14)12(16-4)17-13/h7,9H,5-6,8H2,1-4H3,(H,16,17). The molecular formula is C13H21Cl2N3. The third-order valence-electron chi connectivity index (χ3n) is 3.06. The fraction of sp³-hybridized carbons (Fsp3) is 0.615. The van der Waals surface area contributed by atoms with Crippen molar-refractivity contribution in [1.82, 2.24) is 4.98 Å². The van der Waals surface area contributed by atoms with Gasteiger partial charge < -0.3 is 10.2 Å². The molecule has 102 valence electrons. The average molecular weight is 290 g/mol. The van der Waals surface area contributed by atoms with Crippen LogP contribution in [0.3, 0.4) is 0 Å². The molecule has 0 saturated heterocycles. The number of hydrogen-bond acceptors (Lipinski definition) is 3. The highest BCUT2D eigenvalue weighted by Crippen LogP contribution is 2.31. The summed E-state index contributed by atoms with van der Waals surface area (Å²) in [5.74, 6) is 2.07. The first-order chi connectivity index (χ1) is 8.53. The number of anilines is 2. The maximum Gasteiger partial charge on any atom is 0.149 e. The topological polar surface area (TPSA) is 28.2 Å². The van der Waals surface area contributed by atoms with Crippen molar-refractivity contribution in [2.45, 2.75) is 27.2 Å². The van der Waals surface area contributed by atoms with Gasteiger partial charge >= 0.3 is 0 Å². The molecule has 0 radical (unpaired) electrons. The zero-order valence-electron chi connectivity index (χ0n) is 11.4. The van der Waals surface area contributed by atoms with Gasteiger partial charge in [0.25, 0.3) is 0 Å². The maximum absolute atomic E-state index is 6.24. The van der Waals surface area contributed by atoms with E-state index < -0.39 is 0 Å². The van der Waals surface area contributed by atoms with Gasteiger partial charge in [-0.15, -0.1) is 0 Å². The van der Waals surface area contributed by atoms with E-state index in [1.807, 2.05) is 0 Å². The molecule has 0 saturated carbocycles. The minimum atomic E-state index is 0.547. The highest BCUT2D eigenvalue weighted by atomic mass is 35.5. The van der Waals surface area contributed by atoms with E-state index in [0.29, 0.717) is 21.8 Å². The van der Waals surface area contributed by atoms with E-state index in [0.717, 1.165) is 25.3 Å². The van der Waals surface area contributed by atoms with Crippen molar-refractivity contribution >= 4 is 34.8 Å². The Kier molecular flexibility index (Phi) is 6.03. The number of halogens is 2. The Morgan fingerprint density at radius 1 is 1.33 bits per heavy atom. The zero-order valence-corrected chi connectivity index (χ0v) is 12.9. The number of nitrogens with one attached hydrogen (secondary N) is 1. The number of nitrogens with zero attached hydrogens (tertiary/aromatic N) is 2. The summed E-state index contributed by atoms with van der Waals surface area (Å²) < 4.78 is 0. The van der Waals surface area contributed by atoms with Crippen LogP contribution in [0.5, 0.6) is 0 Å². The highest BCUT2D eigenvalue weighted by Gasteiger charge is 2.15. The zero-order chi connectivity index (χ0) is 13.7. The van der Waals surface area contributed by atoms with Crippen LogP contribution < -0.4 is 10.2 Å². The maximum atomic E-state index is 6.24. The SMILES string of the molecule is CCC(C)CN(CC)c1nc(NC)c(Cl)cc1Cl. The molecule has 0 aliphatic heterocycles. The van der Waals surface area contributed by atoms with Crippen molar-refractivity contribution in [3.63, 3.8) is 0 Å². The lowest BCUT2D eigenvalue weighted by Crippen LogP contribution is -2.29. The summed E-state index contributed by atoms with van der Waals surface area (Å²) >= 11 is 12.3. The van der Waals surface area contributed by atoms with Gasteiger partial charge in [-0.3, -0.25) is 0 Å². The van der Waals surface area contributed by atoms with Crippen LogP contribution in [0, 0.1) is 5.92 Å². The summed E-state index contributed by atoms with van der Waals surface area (Å²) in [7, 11) is 1.80. The molecule has 1 aromatic rings. The van der Waals surface area contributed by atoms with Crippen LogP contribution in [0.25, 0.3) is 0 Å². The number of pyridine rings is 1. The minimum Gasteiger partial charge on any atom is -0.372 e. The predicted molar refractivity (Wildman–Crippen MR) is 81.1 cm³/mol. The molecule has 1 heterocycles. The molecule has 3 nitrogen and oxygen atoms in total.